The zero-order chi connectivity index (χ0) is 18.4. The summed E-state index contributed by atoms with van der Waals surface area (Å²) in [7, 11) is -3.73. The van der Waals surface area contributed by atoms with E-state index < -0.39 is 15.9 Å². The van der Waals surface area contributed by atoms with Gasteiger partial charge in [0.05, 0.1) is 11.6 Å². The van der Waals surface area contributed by atoms with Gasteiger partial charge in [-0.25, -0.2) is 8.42 Å². The largest absolute Gasteiger partial charge is 0.355 e. The second-order valence-electron chi connectivity index (χ2n) is 5.79. The van der Waals surface area contributed by atoms with Crippen LogP contribution in [0, 0.1) is 0 Å². The molecular weight excluding hydrogens is 366 g/mol. The normalized spacial score (nSPS) is 15.1. The number of sulfonamides is 1. The number of benzene rings is 1. The van der Waals surface area contributed by atoms with Gasteiger partial charge in [-0.05, 0) is 37.5 Å². The van der Waals surface area contributed by atoms with Crippen molar-refractivity contribution in [1.82, 2.24) is 14.9 Å². The molecule has 1 saturated heterocycles. The molecule has 2 amide bonds. The van der Waals surface area contributed by atoms with Crippen molar-refractivity contribution in [3.8, 4) is 0 Å². The highest BCUT2D eigenvalue weighted by molar-refractivity contribution is 7.89. The Kier molecular flexibility index (Phi) is 6.80. The number of rotatable bonds is 7. The summed E-state index contributed by atoms with van der Waals surface area (Å²) in [5.74, 6) is -0.824. The molecular formula is C16H22ClN3O4S. The van der Waals surface area contributed by atoms with Crippen LogP contribution in [0.2, 0.25) is 5.02 Å². The molecule has 0 saturated carbocycles. The third-order valence-electron chi connectivity index (χ3n) is 3.86. The summed E-state index contributed by atoms with van der Waals surface area (Å²) in [6, 6.07) is 4.08. The van der Waals surface area contributed by atoms with Crippen LogP contribution in [0.3, 0.4) is 0 Å². The Bertz CT molecular complexity index is 746. The topological polar surface area (TPSA) is 95.6 Å². The monoisotopic (exact) mass is 387 g/mol. The van der Waals surface area contributed by atoms with Crippen molar-refractivity contribution in [2.75, 3.05) is 26.2 Å². The maximum Gasteiger partial charge on any atom is 0.251 e. The summed E-state index contributed by atoms with van der Waals surface area (Å²) in [6.45, 7) is 3.19. The van der Waals surface area contributed by atoms with Crippen LogP contribution in [0.5, 0.6) is 0 Å². The van der Waals surface area contributed by atoms with Gasteiger partial charge in [0.1, 0.15) is 4.90 Å². The molecule has 2 N–H and O–H groups in total. The smallest absolute Gasteiger partial charge is 0.251 e. The van der Waals surface area contributed by atoms with E-state index in [0.717, 1.165) is 19.3 Å². The summed E-state index contributed by atoms with van der Waals surface area (Å²) in [5.41, 5.74) is 0.144. The van der Waals surface area contributed by atoms with Crippen molar-refractivity contribution in [2.45, 2.75) is 31.1 Å². The summed E-state index contributed by atoms with van der Waals surface area (Å²) in [4.78, 5) is 23.7. The van der Waals surface area contributed by atoms with Crippen LogP contribution in [0.1, 0.15) is 36.5 Å². The average molecular weight is 388 g/mol. The molecule has 0 radical (unpaired) electrons. The molecule has 0 aliphatic carbocycles. The third-order valence-corrected chi connectivity index (χ3v) is 6.24. The van der Waals surface area contributed by atoms with Crippen LogP contribution in [0.15, 0.2) is 23.1 Å². The van der Waals surface area contributed by atoms with E-state index >= 15 is 0 Å². The first-order valence-electron chi connectivity index (χ1n) is 8.21. The standard InChI is InChI=1S/C16H22ClN3O4S/c1-2-7-18-15(21)11-19-16(22)12-5-6-13(17)14(10-12)25(23,24)20-8-3-4-9-20/h5-6,10H,2-4,7-9,11H2,1H3,(H,18,21)(H,19,22). The number of hydrogen-bond donors (Lipinski definition) is 2. The Morgan fingerprint density at radius 1 is 1.20 bits per heavy atom. The van der Waals surface area contributed by atoms with Crippen LogP contribution in [0.25, 0.3) is 0 Å². The highest BCUT2D eigenvalue weighted by Gasteiger charge is 2.29. The number of carbonyl (C=O) groups excluding carboxylic acids is 2. The zero-order valence-electron chi connectivity index (χ0n) is 14.0. The van der Waals surface area contributed by atoms with Gasteiger partial charge >= 0.3 is 0 Å². The van der Waals surface area contributed by atoms with Gasteiger partial charge in [0.15, 0.2) is 0 Å². The number of amides is 2. The molecule has 0 spiro atoms. The van der Waals surface area contributed by atoms with Crippen molar-refractivity contribution >= 4 is 33.4 Å². The van der Waals surface area contributed by atoms with E-state index in [1.165, 1.54) is 22.5 Å². The summed E-state index contributed by atoms with van der Waals surface area (Å²) in [6.07, 6.45) is 2.42. The minimum Gasteiger partial charge on any atom is -0.355 e. The van der Waals surface area contributed by atoms with Gasteiger partial charge in [0.25, 0.3) is 5.91 Å². The molecule has 2 rings (SSSR count). The van der Waals surface area contributed by atoms with Crippen molar-refractivity contribution in [2.24, 2.45) is 0 Å². The first-order valence-corrected chi connectivity index (χ1v) is 10.0. The minimum absolute atomic E-state index is 0.0733. The predicted octanol–water partition coefficient (Wildman–Crippen LogP) is 1.38. The fourth-order valence-electron chi connectivity index (χ4n) is 2.50. The number of nitrogens with one attached hydrogen (secondary N) is 2. The Balaban J connectivity index is 2.12. The summed E-state index contributed by atoms with van der Waals surface area (Å²) < 4.78 is 26.7. The molecule has 1 aromatic rings. The number of hydrogen-bond acceptors (Lipinski definition) is 4. The van der Waals surface area contributed by atoms with Crippen LogP contribution in [-0.2, 0) is 14.8 Å². The van der Waals surface area contributed by atoms with Crippen LogP contribution in [0.4, 0.5) is 0 Å². The highest BCUT2D eigenvalue weighted by Crippen LogP contribution is 2.28. The minimum atomic E-state index is -3.73. The molecule has 1 aliphatic heterocycles. The van der Waals surface area contributed by atoms with E-state index in [-0.39, 0.29) is 27.9 Å². The van der Waals surface area contributed by atoms with Crippen LogP contribution < -0.4 is 10.6 Å². The predicted molar refractivity (Wildman–Crippen MR) is 95.1 cm³/mol. The van der Waals surface area contributed by atoms with E-state index in [4.69, 9.17) is 11.6 Å². The van der Waals surface area contributed by atoms with Crippen LogP contribution >= 0.6 is 11.6 Å². The molecule has 0 unspecified atom stereocenters. The molecule has 1 heterocycles. The molecule has 0 atom stereocenters. The van der Waals surface area contributed by atoms with Crippen molar-refractivity contribution < 1.29 is 18.0 Å². The Hall–Kier alpha value is -1.64. The van der Waals surface area contributed by atoms with Gasteiger partial charge in [0, 0.05) is 25.2 Å². The van der Waals surface area contributed by atoms with E-state index in [1.807, 2.05) is 6.92 Å². The Morgan fingerprint density at radius 2 is 1.88 bits per heavy atom. The fourth-order valence-corrected chi connectivity index (χ4v) is 4.52. The number of halogens is 1. The van der Waals surface area contributed by atoms with Gasteiger partial charge in [-0.1, -0.05) is 18.5 Å². The fraction of sp³-hybridized carbons (Fsp3) is 0.500. The lowest BCUT2D eigenvalue weighted by Gasteiger charge is -2.17. The van der Waals surface area contributed by atoms with E-state index in [1.54, 1.807) is 0 Å². The van der Waals surface area contributed by atoms with Crippen molar-refractivity contribution in [3.63, 3.8) is 0 Å². The molecule has 0 aromatic heterocycles. The van der Waals surface area contributed by atoms with Gasteiger partial charge < -0.3 is 10.6 Å². The summed E-state index contributed by atoms with van der Waals surface area (Å²) >= 11 is 6.05. The Labute approximate surface area is 152 Å². The maximum atomic E-state index is 12.7. The van der Waals surface area contributed by atoms with Crippen molar-refractivity contribution in [3.05, 3.63) is 28.8 Å². The maximum absolute atomic E-state index is 12.7. The van der Waals surface area contributed by atoms with E-state index in [9.17, 15) is 18.0 Å². The molecule has 1 aromatic carbocycles. The van der Waals surface area contributed by atoms with E-state index in [0.29, 0.717) is 19.6 Å². The lowest BCUT2D eigenvalue weighted by Crippen LogP contribution is -2.37. The molecule has 1 aliphatic rings. The van der Waals surface area contributed by atoms with Crippen LogP contribution in [-0.4, -0.2) is 50.7 Å². The van der Waals surface area contributed by atoms with Gasteiger partial charge in [-0.15, -0.1) is 0 Å². The molecule has 25 heavy (non-hydrogen) atoms. The zero-order valence-corrected chi connectivity index (χ0v) is 15.6. The SMILES string of the molecule is CCCNC(=O)CNC(=O)c1ccc(Cl)c(S(=O)(=O)N2CCCC2)c1. The lowest BCUT2D eigenvalue weighted by molar-refractivity contribution is -0.120. The van der Waals surface area contributed by atoms with Gasteiger partial charge in [-0.2, -0.15) is 4.31 Å². The third kappa shape index (κ3) is 4.93. The van der Waals surface area contributed by atoms with Gasteiger partial charge in [0.2, 0.25) is 15.9 Å². The first kappa shape index (κ1) is 19.7. The highest BCUT2D eigenvalue weighted by atomic mass is 35.5. The second-order valence-corrected chi connectivity index (χ2v) is 8.10. The number of nitrogens with zero attached hydrogens (tertiary/aromatic N) is 1. The summed E-state index contributed by atoms with van der Waals surface area (Å²) in [5, 5.41) is 5.19. The molecule has 1 fully saturated rings. The number of carbonyl (C=O) groups is 2. The quantitative estimate of drug-likeness (QED) is 0.738. The molecule has 7 nitrogen and oxygen atoms in total. The average Bonchev–Trinajstić information content (AvgIpc) is 3.13. The Morgan fingerprint density at radius 3 is 2.52 bits per heavy atom. The van der Waals surface area contributed by atoms with Crippen molar-refractivity contribution in [1.29, 1.82) is 0 Å². The van der Waals surface area contributed by atoms with E-state index in [2.05, 4.69) is 10.6 Å². The lowest BCUT2D eigenvalue weighted by atomic mass is 10.2. The first-order chi connectivity index (χ1) is 11.9. The second kappa shape index (κ2) is 8.64. The molecule has 138 valence electrons. The molecule has 0 bridgehead atoms. The molecule has 9 heteroatoms. The van der Waals surface area contributed by atoms with Gasteiger partial charge in [-0.3, -0.25) is 9.59 Å².